The fourth-order valence-electron chi connectivity index (χ4n) is 1.04. The van der Waals surface area contributed by atoms with Gasteiger partial charge in [-0.25, -0.2) is 12.7 Å². The lowest BCUT2D eigenvalue weighted by molar-refractivity contribution is -0.125. The Morgan fingerprint density at radius 3 is 2.18 bits per heavy atom. The zero-order valence-electron chi connectivity index (χ0n) is 11.0. The van der Waals surface area contributed by atoms with Gasteiger partial charge in [-0.15, -0.1) is 0 Å². The molecular weight excluding hydrogens is 244 g/mol. The average molecular weight is 266 g/mol. The van der Waals surface area contributed by atoms with Crippen LogP contribution in [0, 0.1) is 5.92 Å². The summed E-state index contributed by atoms with van der Waals surface area (Å²) < 4.78 is 23.3. The van der Waals surface area contributed by atoms with Gasteiger partial charge in [0.05, 0.1) is 18.4 Å². The van der Waals surface area contributed by atoms with Gasteiger partial charge in [-0.05, 0) is 6.92 Å². The summed E-state index contributed by atoms with van der Waals surface area (Å²) in [4.78, 5) is 11.4. The van der Waals surface area contributed by atoms with Crippen LogP contribution in [0.15, 0.2) is 0 Å². The molecule has 0 rings (SSSR count). The number of hydrogen-bond acceptors (Lipinski definition) is 4. The number of carbonyl (C=O) groups excluding carboxylic acids is 1. The second-order valence-corrected chi connectivity index (χ2v) is 6.65. The van der Waals surface area contributed by atoms with Gasteiger partial charge in [-0.2, -0.15) is 0 Å². The third-order valence-electron chi connectivity index (χ3n) is 2.48. The average Bonchev–Trinajstić information content (AvgIpc) is 2.15. The number of likely N-dealkylation sites (N-methyl/N-ethyl adjacent to an activating group) is 1. The first-order valence-corrected chi connectivity index (χ1v) is 7.30. The van der Waals surface area contributed by atoms with Gasteiger partial charge in [0.15, 0.2) is 0 Å². The van der Waals surface area contributed by atoms with E-state index in [0.717, 1.165) is 10.6 Å². The van der Waals surface area contributed by atoms with Gasteiger partial charge in [-0.3, -0.25) is 4.79 Å². The van der Waals surface area contributed by atoms with E-state index >= 15 is 0 Å². The van der Waals surface area contributed by atoms with Crippen molar-refractivity contribution in [1.29, 1.82) is 0 Å². The molecule has 6 nitrogen and oxygen atoms in total. The molecule has 0 aliphatic carbocycles. The van der Waals surface area contributed by atoms with Crippen molar-refractivity contribution in [1.82, 2.24) is 9.62 Å². The Kier molecular flexibility index (Phi) is 6.08. The molecule has 0 aromatic carbocycles. The van der Waals surface area contributed by atoms with Gasteiger partial charge in [0.1, 0.15) is 0 Å². The SMILES string of the molecule is CC(C)C(=O)NC(C)C(O)CN(C)S(C)(=O)=O. The van der Waals surface area contributed by atoms with Gasteiger partial charge in [0.25, 0.3) is 0 Å². The van der Waals surface area contributed by atoms with Crippen LogP contribution in [0.3, 0.4) is 0 Å². The van der Waals surface area contributed by atoms with E-state index in [-0.39, 0.29) is 18.4 Å². The first kappa shape index (κ1) is 16.3. The fraction of sp³-hybridized carbons (Fsp3) is 0.900. The highest BCUT2D eigenvalue weighted by molar-refractivity contribution is 7.88. The third kappa shape index (κ3) is 5.99. The predicted molar refractivity (Wildman–Crippen MR) is 65.9 cm³/mol. The van der Waals surface area contributed by atoms with Crippen LogP contribution in [0.2, 0.25) is 0 Å². The largest absolute Gasteiger partial charge is 0.390 e. The Morgan fingerprint density at radius 2 is 1.82 bits per heavy atom. The minimum atomic E-state index is -3.32. The number of rotatable bonds is 6. The summed E-state index contributed by atoms with van der Waals surface area (Å²) in [6.45, 7) is 5.09. The quantitative estimate of drug-likeness (QED) is 0.672. The van der Waals surface area contributed by atoms with E-state index in [2.05, 4.69) is 5.32 Å². The first-order chi connectivity index (χ1) is 7.55. The summed E-state index contributed by atoms with van der Waals surface area (Å²) >= 11 is 0. The number of carbonyl (C=O) groups is 1. The molecule has 2 unspecified atom stereocenters. The highest BCUT2D eigenvalue weighted by Gasteiger charge is 2.22. The van der Waals surface area contributed by atoms with Crippen LogP contribution < -0.4 is 5.32 Å². The fourth-order valence-corrected chi connectivity index (χ4v) is 1.47. The number of nitrogens with zero attached hydrogens (tertiary/aromatic N) is 1. The number of sulfonamides is 1. The van der Waals surface area contributed by atoms with Crippen molar-refractivity contribution in [2.45, 2.75) is 32.9 Å². The Bertz CT molecular complexity index is 353. The van der Waals surface area contributed by atoms with Crippen molar-refractivity contribution in [3.63, 3.8) is 0 Å². The van der Waals surface area contributed by atoms with Crippen LogP contribution in [0.5, 0.6) is 0 Å². The molecule has 0 aliphatic heterocycles. The molecule has 0 aromatic heterocycles. The Hall–Kier alpha value is -0.660. The molecule has 0 bridgehead atoms. The summed E-state index contributed by atoms with van der Waals surface area (Å²) in [7, 11) is -1.93. The van der Waals surface area contributed by atoms with Crippen molar-refractivity contribution >= 4 is 15.9 Å². The molecule has 2 atom stereocenters. The summed E-state index contributed by atoms with van der Waals surface area (Å²) in [5.74, 6) is -0.337. The van der Waals surface area contributed by atoms with Crippen LogP contribution in [0.1, 0.15) is 20.8 Å². The van der Waals surface area contributed by atoms with E-state index < -0.39 is 22.2 Å². The standard InChI is InChI=1S/C10H22N2O4S/c1-7(2)10(14)11-8(3)9(13)6-12(4)17(5,15)16/h7-9,13H,6H2,1-5H3,(H,11,14). The van der Waals surface area contributed by atoms with Crippen molar-refractivity contribution in [3.05, 3.63) is 0 Å². The third-order valence-corrected chi connectivity index (χ3v) is 3.76. The predicted octanol–water partition coefficient (Wildman–Crippen LogP) is -0.601. The summed E-state index contributed by atoms with van der Waals surface area (Å²) in [5.41, 5.74) is 0. The number of amides is 1. The van der Waals surface area contributed by atoms with Gasteiger partial charge >= 0.3 is 0 Å². The maximum atomic E-state index is 11.4. The normalized spacial score (nSPS) is 16.0. The number of aliphatic hydroxyl groups is 1. The molecular formula is C10H22N2O4S. The van der Waals surface area contributed by atoms with E-state index in [0.29, 0.717) is 0 Å². The number of aliphatic hydroxyl groups excluding tert-OH is 1. The van der Waals surface area contributed by atoms with Crippen LogP contribution >= 0.6 is 0 Å². The second-order valence-electron chi connectivity index (χ2n) is 4.56. The van der Waals surface area contributed by atoms with Crippen LogP contribution in [-0.2, 0) is 14.8 Å². The second kappa shape index (κ2) is 6.32. The highest BCUT2D eigenvalue weighted by atomic mass is 32.2. The van der Waals surface area contributed by atoms with E-state index in [1.165, 1.54) is 7.05 Å². The zero-order chi connectivity index (χ0) is 13.8. The molecule has 1 amide bonds. The van der Waals surface area contributed by atoms with Crippen LogP contribution in [0.4, 0.5) is 0 Å². The molecule has 7 heteroatoms. The topological polar surface area (TPSA) is 86.7 Å². The van der Waals surface area contributed by atoms with Crippen molar-refractivity contribution in [2.24, 2.45) is 5.92 Å². The Morgan fingerprint density at radius 1 is 1.35 bits per heavy atom. The van der Waals surface area contributed by atoms with Crippen LogP contribution in [0.25, 0.3) is 0 Å². The van der Waals surface area contributed by atoms with Gasteiger partial charge < -0.3 is 10.4 Å². The molecule has 0 aliphatic rings. The van der Waals surface area contributed by atoms with E-state index in [1.807, 2.05) is 0 Å². The Balaban J connectivity index is 4.33. The smallest absolute Gasteiger partial charge is 0.222 e. The van der Waals surface area contributed by atoms with Crippen LogP contribution in [-0.4, -0.2) is 55.7 Å². The monoisotopic (exact) mass is 266 g/mol. The Labute approximate surface area is 103 Å². The zero-order valence-corrected chi connectivity index (χ0v) is 11.8. The minimum Gasteiger partial charge on any atom is -0.390 e. The van der Waals surface area contributed by atoms with Crippen molar-refractivity contribution in [2.75, 3.05) is 19.8 Å². The van der Waals surface area contributed by atoms with Crippen molar-refractivity contribution in [3.8, 4) is 0 Å². The molecule has 0 radical (unpaired) electrons. The minimum absolute atomic E-state index is 0.0433. The summed E-state index contributed by atoms with van der Waals surface area (Å²) in [6.07, 6.45) is 0.134. The molecule has 17 heavy (non-hydrogen) atoms. The molecule has 0 saturated heterocycles. The van der Waals surface area contributed by atoms with E-state index in [1.54, 1.807) is 20.8 Å². The molecule has 0 saturated carbocycles. The lowest BCUT2D eigenvalue weighted by Gasteiger charge is -2.24. The molecule has 2 N–H and O–H groups in total. The molecule has 0 fully saturated rings. The van der Waals surface area contributed by atoms with Crippen molar-refractivity contribution < 1.29 is 18.3 Å². The van der Waals surface area contributed by atoms with Gasteiger partial charge in [0.2, 0.25) is 15.9 Å². The summed E-state index contributed by atoms with van der Waals surface area (Å²) in [6, 6.07) is -0.492. The highest BCUT2D eigenvalue weighted by Crippen LogP contribution is 2.01. The number of hydrogen-bond donors (Lipinski definition) is 2. The first-order valence-electron chi connectivity index (χ1n) is 5.45. The molecule has 102 valence electrons. The molecule has 0 spiro atoms. The van der Waals surface area contributed by atoms with Gasteiger partial charge in [-0.1, -0.05) is 13.8 Å². The number of nitrogens with one attached hydrogen (secondary N) is 1. The van der Waals surface area contributed by atoms with E-state index in [4.69, 9.17) is 0 Å². The lowest BCUT2D eigenvalue weighted by atomic mass is 10.1. The lowest BCUT2D eigenvalue weighted by Crippen LogP contribution is -2.47. The van der Waals surface area contributed by atoms with E-state index in [9.17, 15) is 18.3 Å². The molecule has 0 heterocycles. The van der Waals surface area contributed by atoms with Gasteiger partial charge in [0, 0.05) is 19.5 Å². The summed E-state index contributed by atoms with van der Waals surface area (Å²) in [5, 5.41) is 12.4. The maximum Gasteiger partial charge on any atom is 0.222 e. The molecule has 0 aromatic rings. The maximum absolute atomic E-state index is 11.4.